The monoisotopic (exact) mass is 318 g/mol. The van der Waals surface area contributed by atoms with Crippen LogP contribution >= 0.6 is 0 Å². The molecule has 2 nitrogen and oxygen atoms in total. The van der Waals surface area contributed by atoms with Gasteiger partial charge in [0.2, 0.25) is 0 Å². The molecule has 2 aliphatic carbocycles. The topological polar surface area (TPSA) is 47.6 Å². The Morgan fingerprint density at radius 3 is 1.96 bits per heavy atom. The van der Waals surface area contributed by atoms with Crippen molar-refractivity contribution in [2.75, 3.05) is 0 Å². The van der Waals surface area contributed by atoms with Crippen LogP contribution in [0.5, 0.6) is 0 Å². The van der Waals surface area contributed by atoms with E-state index < -0.39 is 22.9 Å². The highest BCUT2D eigenvalue weighted by Crippen LogP contribution is 2.58. The van der Waals surface area contributed by atoms with E-state index in [1.165, 1.54) is 12.8 Å². The number of nitrogens with zero attached hydrogens (tertiary/aromatic N) is 2. The van der Waals surface area contributed by atoms with Gasteiger partial charge in [0.15, 0.2) is 22.9 Å². The highest BCUT2D eigenvalue weighted by atomic mass is 19.2. The average Bonchev–Trinajstić information content (AvgIpc) is 3.31. The molecule has 0 bridgehead atoms. The van der Waals surface area contributed by atoms with Gasteiger partial charge in [-0.2, -0.15) is 10.5 Å². The second-order valence-electron chi connectivity index (χ2n) is 7.03. The molecule has 2 fully saturated rings. The normalized spacial score (nSPS) is 20.0. The molecule has 1 spiro atoms. The Balaban J connectivity index is 1.85. The third-order valence-corrected chi connectivity index (χ3v) is 5.58. The summed E-state index contributed by atoms with van der Waals surface area (Å²) in [5, 5.41) is 19.0. The second kappa shape index (κ2) is 5.57. The Labute approximate surface area is 133 Å². The molecule has 0 radical (unpaired) electrons. The number of rotatable bonds is 3. The van der Waals surface area contributed by atoms with Gasteiger partial charge in [-0.3, -0.25) is 0 Å². The highest BCUT2D eigenvalue weighted by molar-refractivity contribution is 5.41. The molecule has 1 aromatic rings. The Kier molecular flexibility index (Phi) is 3.84. The highest BCUT2D eigenvalue weighted by Gasteiger charge is 2.46. The van der Waals surface area contributed by atoms with Crippen LogP contribution < -0.4 is 0 Å². The van der Waals surface area contributed by atoms with E-state index in [4.69, 9.17) is 0 Å². The molecule has 0 N–H and O–H groups in total. The Hall–Kier alpha value is -2.01. The van der Waals surface area contributed by atoms with E-state index in [0.29, 0.717) is 5.41 Å². The maximum absolute atomic E-state index is 13.5. The summed E-state index contributed by atoms with van der Waals surface area (Å²) < 4.78 is 40.1. The van der Waals surface area contributed by atoms with Crippen molar-refractivity contribution >= 4 is 0 Å². The first-order chi connectivity index (χ1) is 10.9. The van der Waals surface area contributed by atoms with E-state index in [1.807, 2.05) is 12.1 Å². The minimum Gasteiger partial charge on any atom is -0.204 e. The fraction of sp³-hybridized carbons (Fsp3) is 0.556. The summed E-state index contributed by atoms with van der Waals surface area (Å²) in [6.07, 6.45) is 6.80. The molecule has 1 aromatic carbocycles. The minimum atomic E-state index is -1.63. The molecule has 2 aliphatic rings. The predicted molar refractivity (Wildman–Crippen MR) is 77.5 cm³/mol. The summed E-state index contributed by atoms with van der Waals surface area (Å²) in [4.78, 5) is 0. The van der Waals surface area contributed by atoms with Gasteiger partial charge in [-0.05, 0) is 74.0 Å². The molecule has 23 heavy (non-hydrogen) atoms. The van der Waals surface area contributed by atoms with Gasteiger partial charge in [-0.25, -0.2) is 13.2 Å². The van der Waals surface area contributed by atoms with E-state index in [9.17, 15) is 23.7 Å². The Bertz CT molecular complexity index is 663. The number of hydrogen-bond donors (Lipinski definition) is 0. The van der Waals surface area contributed by atoms with Gasteiger partial charge in [0.1, 0.15) is 0 Å². The maximum atomic E-state index is 13.5. The van der Waals surface area contributed by atoms with Crippen molar-refractivity contribution in [3.05, 3.63) is 35.1 Å². The van der Waals surface area contributed by atoms with Crippen LogP contribution in [0.15, 0.2) is 12.1 Å². The zero-order valence-electron chi connectivity index (χ0n) is 12.7. The Morgan fingerprint density at radius 2 is 1.52 bits per heavy atom. The van der Waals surface area contributed by atoms with Gasteiger partial charge in [-0.15, -0.1) is 0 Å². The number of hydrogen-bond acceptors (Lipinski definition) is 2. The third-order valence-electron chi connectivity index (χ3n) is 5.58. The van der Waals surface area contributed by atoms with E-state index in [0.717, 1.165) is 37.8 Å². The zero-order chi connectivity index (χ0) is 16.7. The van der Waals surface area contributed by atoms with Crippen molar-refractivity contribution in [3.63, 3.8) is 0 Å². The summed E-state index contributed by atoms with van der Waals surface area (Å²) >= 11 is 0. The van der Waals surface area contributed by atoms with Crippen molar-refractivity contribution < 1.29 is 13.2 Å². The van der Waals surface area contributed by atoms with Gasteiger partial charge in [0.25, 0.3) is 0 Å². The van der Waals surface area contributed by atoms with Crippen LogP contribution in [0.1, 0.15) is 50.5 Å². The van der Waals surface area contributed by atoms with E-state index in [2.05, 4.69) is 0 Å². The molecule has 120 valence electrons. The quantitative estimate of drug-likeness (QED) is 0.755. The molecule has 2 saturated carbocycles. The summed E-state index contributed by atoms with van der Waals surface area (Å²) in [5.74, 6) is -4.13. The van der Waals surface area contributed by atoms with Gasteiger partial charge in [-0.1, -0.05) is 0 Å². The SMILES string of the molecule is N#CC(C#N)(CC1CCC2(CC1)CC2)c1cc(F)c(F)c(F)c1. The summed E-state index contributed by atoms with van der Waals surface area (Å²) in [7, 11) is 0. The maximum Gasteiger partial charge on any atom is 0.194 e. The number of benzene rings is 1. The lowest BCUT2D eigenvalue weighted by molar-refractivity contribution is 0.233. The predicted octanol–water partition coefficient (Wildman–Crippen LogP) is 4.75. The van der Waals surface area contributed by atoms with Crippen LogP contribution in [-0.2, 0) is 5.41 Å². The summed E-state index contributed by atoms with van der Waals surface area (Å²) in [6, 6.07) is 5.39. The molecule has 0 aliphatic heterocycles. The van der Waals surface area contributed by atoms with E-state index >= 15 is 0 Å². The standard InChI is InChI=1S/C18H17F3N2/c19-14-7-13(8-15(20)16(14)21)18(10-22,11-23)9-12-1-3-17(4-2-12)5-6-17/h7-8,12H,1-6,9H2. The van der Waals surface area contributed by atoms with Gasteiger partial charge < -0.3 is 0 Å². The van der Waals surface area contributed by atoms with Crippen molar-refractivity contribution in [1.82, 2.24) is 0 Å². The van der Waals surface area contributed by atoms with E-state index in [-0.39, 0.29) is 17.9 Å². The van der Waals surface area contributed by atoms with Crippen LogP contribution in [-0.4, -0.2) is 0 Å². The molecule has 0 aromatic heterocycles. The van der Waals surface area contributed by atoms with Crippen molar-refractivity contribution in [3.8, 4) is 12.1 Å². The fourth-order valence-corrected chi connectivity index (χ4v) is 3.77. The van der Waals surface area contributed by atoms with Gasteiger partial charge in [0, 0.05) is 0 Å². The van der Waals surface area contributed by atoms with E-state index in [1.54, 1.807) is 0 Å². The van der Waals surface area contributed by atoms with Crippen LogP contribution in [0.4, 0.5) is 13.2 Å². The molecule has 3 rings (SSSR count). The van der Waals surface area contributed by atoms with Crippen LogP contribution in [0, 0.1) is 51.4 Å². The van der Waals surface area contributed by atoms with Crippen molar-refractivity contribution in [2.24, 2.45) is 11.3 Å². The van der Waals surface area contributed by atoms with Crippen LogP contribution in [0.3, 0.4) is 0 Å². The minimum absolute atomic E-state index is 0.0920. The Morgan fingerprint density at radius 1 is 1.00 bits per heavy atom. The van der Waals surface area contributed by atoms with Crippen LogP contribution in [0.2, 0.25) is 0 Å². The first-order valence-corrected chi connectivity index (χ1v) is 7.91. The lowest BCUT2D eigenvalue weighted by atomic mass is 9.70. The smallest absolute Gasteiger partial charge is 0.194 e. The molecule has 0 heterocycles. The average molecular weight is 318 g/mol. The largest absolute Gasteiger partial charge is 0.204 e. The van der Waals surface area contributed by atoms with Gasteiger partial charge in [0.05, 0.1) is 12.1 Å². The van der Waals surface area contributed by atoms with Gasteiger partial charge >= 0.3 is 0 Å². The lowest BCUT2D eigenvalue weighted by Gasteiger charge is -2.32. The second-order valence-corrected chi connectivity index (χ2v) is 7.03. The third kappa shape index (κ3) is 2.81. The molecular weight excluding hydrogens is 301 g/mol. The molecule has 5 heteroatoms. The lowest BCUT2D eigenvalue weighted by Crippen LogP contribution is -2.28. The first kappa shape index (κ1) is 15.9. The summed E-state index contributed by atoms with van der Waals surface area (Å²) in [5.41, 5.74) is -1.23. The molecule has 0 atom stereocenters. The summed E-state index contributed by atoms with van der Waals surface area (Å²) in [6.45, 7) is 0. The molecule has 0 saturated heterocycles. The molecule has 0 unspecified atom stereocenters. The first-order valence-electron chi connectivity index (χ1n) is 7.91. The molecule has 0 amide bonds. The molecular formula is C18H17F3N2. The van der Waals surface area contributed by atoms with Crippen molar-refractivity contribution in [2.45, 2.75) is 50.4 Å². The number of halogens is 3. The zero-order valence-corrected chi connectivity index (χ0v) is 12.7. The fourth-order valence-electron chi connectivity index (χ4n) is 3.77. The number of nitriles is 2. The van der Waals surface area contributed by atoms with Crippen LogP contribution in [0.25, 0.3) is 0 Å². The van der Waals surface area contributed by atoms with Crippen molar-refractivity contribution in [1.29, 1.82) is 10.5 Å².